The zero-order chi connectivity index (χ0) is 17.8. The molecule has 0 N–H and O–H groups in total. The summed E-state index contributed by atoms with van der Waals surface area (Å²) in [6.45, 7) is 6.81. The summed E-state index contributed by atoms with van der Waals surface area (Å²) in [5.74, 6) is -0.778. The summed E-state index contributed by atoms with van der Waals surface area (Å²) in [6.07, 6.45) is 0. The number of halogens is 2. The Morgan fingerprint density at radius 1 is 1.00 bits per heavy atom. The molecular weight excluding hydrogens is 326 g/mol. The molecule has 1 saturated heterocycles. The fraction of sp³-hybridized carbons (Fsp3) is 0.444. The topological polar surface area (TPSA) is 41.4 Å². The fourth-order valence-corrected chi connectivity index (χ4v) is 3.02. The van der Waals surface area contributed by atoms with Crippen molar-refractivity contribution in [2.75, 3.05) is 32.7 Å². The number of nitrogens with zero attached hydrogens (tertiary/aromatic N) is 4. The third kappa shape index (κ3) is 4.70. The molecule has 0 amide bonds. The molecule has 1 aromatic heterocycles. The van der Waals surface area contributed by atoms with E-state index >= 15 is 0 Å². The van der Waals surface area contributed by atoms with E-state index in [1.165, 1.54) is 22.9 Å². The van der Waals surface area contributed by atoms with Crippen LogP contribution in [-0.2, 0) is 13.1 Å². The van der Waals surface area contributed by atoms with Gasteiger partial charge in [-0.3, -0.25) is 14.6 Å². The predicted octanol–water partition coefficient (Wildman–Crippen LogP) is 1.65. The number of benzene rings is 1. The van der Waals surface area contributed by atoms with E-state index in [2.05, 4.69) is 14.9 Å². The highest BCUT2D eigenvalue weighted by Crippen LogP contribution is 2.14. The van der Waals surface area contributed by atoms with Gasteiger partial charge in [0.25, 0.3) is 5.56 Å². The van der Waals surface area contributed by atoms with Gasteiger partial charge in [0, 0.05) is 50.9 Å². The smallest absolute Gasteiger partial charge is 0.266 e. The maximum absolute atomic E-state index is 13.7. The van der Waals surface area contributed by atoms with Crippen LogP contribution in [0.15, 0.2) is 35.1 Å². The van der Waals surface area contributed by atoms with Crippen molar-refractivity contribution in [3.05, 3.63) is 63.6 Å². The van der Waals surface area contributed by atoms with Gasteiger partial charge in [-0.15, -0.1) is 0 Å². The predicted molar refractivity (Wildman–Crippen MR) is 91.3 cm³/mol. The van der Waals surface area contributed by atoms with Crippen molar-refractivity contribution in [3.8, 4) is 0 Å². The Labute approximate surface area is 145 Å². The Bertz CT molecular complexity index is 785. The first kappa shape index (κ1) is 17.7. The minimum atomic E-state index is -0.411. The summed E-state index contributed by atoms with van der Waals surface area (Å²) >= 11 is 0. The molecule has 1 aliphatic rings. The van der Waals surface area contributed by atoms with E-state index in [1.807, 2.05) is 6.92 Å². The highest BCUT2D eigenvalue weighted by atomic mass is 19.1. The van der Waals surface area contributed by atoms with E-state index in [-0.39, 0.29) is 11.4 Å². The molecule has 0 bridgehead atoms. The maximum Gasteiger partial charge on any atom is 0.266 e. The molecule has 25 heavy (non-hydrogen) atoms. The molecule has 7 heteroatoms. The Morgan fingerprint density at radius 2 is 1.72 bits per heavy atom. The number of hydrogen-bond acceptors (Lipinski definition) is 4. The molecule has 0 radical (unpaired) electrons. The van der Waals surface area contributed by atoms with Crippen molar-refractivity contribution in [2.24, 2.45) is 0 Å². The monoisotopic (exact) mass is 348 g/mol. The summed E-state index contributed by atoms with van der Waals surface area (Å²) < 4.78 is 28.5. The Balaban J connectivity index is 1.49. The highest BCUT2D eigenvalue weighted by molar-refractivity contribution is 5.18. The van der Waals surface area contributed by atoms with Crippen molar-refractivity contribution in [2.45, 2.75) is 20.0 Å². The largest absolute Gasteiger partial charge is 0.299 e. The normalized spacial score (nSPS) is 16.3. The molecule has 3 rings (SSSR count). The van der Waals surface area contributed by atoms with Gasteiger partial charge < -0.3 is 0 Å². The number of hydrogen-bond donors (Lipinski definition) is 0. The quantitative estimate of drug-likeness (QED) is 0.824. The van der Waals surface area contributed by atoms with Crippen molar-refractivity contribution < 1.29 is 8.78 Å². The van der Waals surface area contributed by atoms with Gasteiger partial charge in [0.1, 0.15) is 11.6 Å². The molecule has 5 nitrogen and oxygen atoms in total. The van der Waals surface area contributed by atoms with E-state index in [1.54, 1.807) is 6.07 Å². The molecule has 1 aliphatic heterocycles. The van der Waals surface area contributed by atoms with Crippen LogP contribution in [0.2, 0.25) is 0 Å². The van der Waals surface area contributed by atoms with E-state index in [0.29, 0.717) is 18.7 Å². The van der Waals surface area contributed by atoms with Gasteiger partial charge in [-0.2, -0.15) is 5.10 Å². The van der Waals surface area contributed by atoms with Gasteiger partial charge in [-0.05, 0) is 31.2 Å². The highest BCUT2D eigenvalue weighted by Gasteiger charge is 2.18. The molecule has 2 aromatic rings. The first-order chi connectivity index (χ1) is 12.0. The van der Waals surface area contributed by atoms with Crippen LogP contribution in [0.25, 0.3) is 0 Å². The first-order valence-corrected chi connectivity index (χ1v) is 8.45. The maximum atomic E-state index is 13.7. The minimum Gasteiger partial charge on any atom is -0.299 e. The lowest BCUT2D eigenvalue weighted by Crippen LogP contribution is -2.47. The lowest BCUT2D eigenvalue weighted by molar-refractivity contribution is 0.121. The SMILES string of the molecule is Cc1ccc(=O)n(CCN2CCN(Cc3cc(F)ccc3F)CC2)n1. The Kier molecular flexibility index (Phi) is 5.55. The van der Waals surface area contributed by atoms with Crippen LogP contribution in [0.1, 0.15) is 11.3 Å². The molecule has 134 valence electrons. The van der Waals surface area contributed by atoms with Crippen molar-refractivity contribution >= 4 is 0 Å². The lowest BCUT2D eigenvalue weighted by Gasteiger charge is -2.34. The number of aromatic nitrogens is 2. The second-order valence-electron chi connectivity index (χ2n) is 6.39. The van der Waals surface area contributed by atoms with Crippen LogP contribution in [0.5, 0.6) is 0 Å². The Morgan fingerprint density at radius 3 is 2.48 bits per heavy atom. The standard InChI is InChI=1S/C18H22F2N4O/c1-14-2-5-18(25)24(21-14)11-10-22-6-8-23(9-7-22)13-15-12-16(19)3-4-17(15)20/h2-5,12H,6-11,13H2,1H3. The molecule has 1 aromatic carbocycles. The van der Waals surface area contributed by atoms with Crippen LogP contribution in [-0.4, -0.2) is 52.3 Å². The summed E-state index contributed by atoms with van der Waals surface area (Å²) in [5, 5.41) is 4.24. The number of aryl methyl sites for hydroxylation is 1. The van der Waals surface area contributed by atoms with Crippen molar-refractivity contribution in [1.82, 2.24) is 19.6 Å². The molecule has 0 atom stereocenters. The second-order valence-corrected chi connectivity index (χ2v) is 6.39. The van der Waals surface area contributed by atoms with Crippen LogP contribution < -0.4 is 5.56 Å². The van der Waals surface area contributed by atoms with Gasteiger partial charge in [-0.25, -0.2) is 13.5 Å². The third-order valence-corrected chi connectivity index (χ3v) is 4.49. The van der Waals surface area contributed by atoms with Crippen LogP contribution >= 0.6 is 0 Å². The number of piperazine rings is 1. The molecule has 1 fully saturated rings. The van der Waals surface area contributed by atoms with Gasteiger partial charge in [0.15, 0.2) is 0 Å². The van der Waals surface area contributed by atoms with Crippen molar-refractivity contribution in [3.63, 3.8) is 0 Å². The van der Waals surface area contributed by atoms with E-state index in [9.17, 15) is 13.6 Å². The van der Waals surface area contributed by atoms with Crippen molar-refractivity contribution in [1.29, 1.82) is 0 Å². The fourth-order valence-electron chi connectivity index (χ4n) is 3.02. The lowest BCUT2D eigenvalue weighted by atomic mass is 10.1. The van der Waals surface area contributed by atoms with Crippen LogP contribution in [0.4, 0.5) is 8.78 Å². The van der Waals surface area contributed by atoms with Gasteiger partial charge >= 0.3 is 0 Å². The van der Waals surface area contributed by atoms with E-state index < -0.39 is 5.82 Å². The second kappa shape index (κ2) is 7.84. The van der Waals surface area contributed by atoms with E-state index in [0.717, 1.165) is 44.5 Å². The first-order valence-electron chi connectivity index (χ1n) is 8.45. The summed E-state index contributed by atoms with van der Waals surface area (Å²) in [4.78, 5) is 16.1. The van der Waals surface area contributed by atoms with E-state index in [4.69, 9.17) is 0 Å². The summed E-state index contributed by atoms with van der Waals surface area (Å²) in [6, 6.07) is 6.82. The van der Waals surface area contributed by atoms with Crippen LogP contribution in [0, 0.1) is 18.6 Å². The zero-order valence-electron chi connectivity index (χ0n) is 14.3. The van der Waals surface area contributed by atoms with Gasteiger partial charge in [0.2, 0.25) is 0 Å². The van der Waals surface area contributed by atoms with Gasteiger partial charge in [-0.1, -0.05) is 0 Å². The van der Waals surface area contributed by atoms with Gasteiger partial charge in [0.05, 0.1) is 12.2 Å². The zero-order valence-corrected chi connectivity index (χ0v) is 14.3. The van der Waals surface area contributed by atoms with Crippen LogP contribution in [0.3, 0.4) is 0 Å². The molecule has 2 heterocycles. The average Bonchev–Trinajstić information content (AvgIpc) is 2.60. The molecule has 0 saturated carbocycles. The molecule has 0 unspecified atom stereocenters. The minimum absolute atomic E-state index is 0.0918. The average molecular weight is 348 g/mol. The Hall–Kier alpha value is -2.12. The number of rotatable bonds is 5. The summed E-state index contributed by atoms with van der Waals surface area (Å²) in [7, 11) is 0. The summed E-state index contributed by atoms with van der Waals surface area (Å²) in [5.41, 5.74) is 1.12. The molecule has 0 aliphatic carbocycles. The molecular formula is C18H22F2N4O. The molecule has 0 spiro atoms. The third-order valence-electron chi connectivity index (χ3n) is 4.49.